The molecule has 2 aromatic carbocycles. The molecule has 0 aliphatic heterocycles. The van der Waals surface area contributed by atoms with Gasteiger partial charge in [0.1, 0.15) is 11.8 Å². The molecule has 0 saturated heterocycles. The van der Waals surface area contributed by atoms with Crippen molar-refractivity contribution in [1.29, 1.82) is 0 Å². The third kappa shape index (κ3) is 4.06. The Bertz CT molecular complexity index is 677. The molecule has 0 aromatic heterocycles. The lowest BCUT2D eigenvalue weighted by Gasteiger charge is -2.16. The number of halogens is 2. The first kappa shape index (κ1) is 16.5. The smallest absolute Gasteiger partial charge is 0.246 e. The second kappa shape index (κ2) is 7.38. The highest BCUT2D eigenvalue weighted by molar-refractivity contribution is 6.44. The van der Waals surface area contributed by atoms with Crippen LogP contribution in [0.5, 0.6) is 5.75 Å². The van der Waals surface area contributed by atoms with E-state index in [9.17, 15) is 4.79 Å². The van der Waals surface area contributed by atoms with E-state index < -0.39 is 6.04 Å². The summed E-state index contributed by atoms with van der Waals surface area (Å²) in [5, 5.41) is 6.57. The zero-order valence-electron chi connectivity index (χ0n) is 12.2. The Hall–Kier alpha value is -1.91. The van der Waals surface area contributed by atoms with Gasteiger partial charge in [-0.1, -0.05) is 35.3 Å². The third-order valence-corrected chi connectivity index (χ3v) is 3.87. The summed E-state index contributed by atoms with van der Waals surface area (Å²) in [6.07, 6.45) is 0. The van der Waals surface area contributed by atoms with E-state index in [2.05, 4.69) is 10.6 Å². The maximum absolute atomic E-state index is 12.2. The molecule has 2 rings (SSSR count). The topological polar surface area (TPSA) is 50.4 Å². The number of nitrogens with one attached hydrogen (secondary N) is 2. The molecule has 0 bridgehead atoms. The Balaban J connectivity index is 2.04. The lowest BCUT2D eigenvalue weighted by molar-refractivity contribution is -0.116. The molecule has 116 valence electrons. The molecule has 0 unspecified atom stereocenters. The van der Waals surface area contributed by atoms with Crippen LogP contribution in [0.4, 0.5) is 11.4 Å². The van der Waals surface area contributed by atoms with Gasteiger partial charge in [-0.15, -0.1) is 0 Å². The van der Waals surface area contributed by atoms with Crippen molar-refractivity contribution in [2.45, 2.75) is 13.0 Å². The largest absolute Gasteiger partial charge is 0.497 e. The van der Waals surface area contributed by atoms with Crippen molar-refractivity contribution in [3.05, 3.63) is 52.5 Å². The minimum atomic E-state index is -0.456. The number of ether oxygens (including phenoxy) is 1. The number of amides is 1. The highest BCUT2D eigenvalue weighted by atomic mass is 35.5. The van der Waals surface area contributed by atoms with E-state index in [-0.39, 0.29) is 5.91 Å². The first-order valence-corrected chi connectivity index (χ1v) is 7.42. The predicted molar refractivity (Wildman–Crippen MR) is 91.2 cm³/mol. The van der Waals surface area contributed by atoms with Gasteiger partial charge in [-0.3, -0.25) is 4.79 Å². The van der Waals surface area contributed by atoms with Gasteiger partial charge in [0.15, 0.2) is 0 Å². The molecule has 0 aliphatic rings. The molecule has 0 heterocycles. The maximum atomic E-state index is 12.2. The van der Waals surface area contributed by atoms with E-state index in [1.54, 1.807) is 32.2 Å². The van der Waals surface area contributed by atoms with Crippen LogP contribution < -0.4 is 15.4 Å². The van der Waals surface area contributed by atoms with Gasteiger partial charge in [0.05, 0.1) is 22.8 Å². The number of hydrogen-bond donors (Lipinski definition) is 2. The lowest BCUT2D eigenvalue weighted by atomic mass is 10.2. The van der Waals surface area contributed by atoms with E-state index in [0.29, 0.717) is 15.7 Å². The molecule has 0 saturated carbocycles. The molecular formula is C16H16Cl2N2O2. The molecule has 6 heteroatoms. The summed E-state index contributed by atoms with van der Waals surface area (Å²) in [6, 6.07) is 12.0. The van der Waals surface area contributed by atoms with Crippen LogP contribution in [0.1, 0.15) is 6.92 Å². The summed E-state index contributed by atoms with van der Waals surface area (Å²) in [6.45, 7) is 1.76. The van der Waals surface area contributed by atoms with Crippen LogP contribution >= 0.6 is 23.2 Å². The fraction of sp³-hybridized carbons (Fsp3) is 0.188. The van der Waals surface area contributed by atoms with E-state index in [4.69, 9.17) is 27.9 Å². The Labute approximate surface area is 139 Å². The average Bonchev–Trinajstić information content (AvgIpc) is 2.52. The highest BCUT2D eigenvalue weighted by Gasteiger charge is 2.15. The molecule has 0 fully saturated rings. The van der Waals surface area contributed by atoms with Crippen LogP contribution in [0.3, 0.4) is 0 Å². The predicted octanol–water partition coefficient (Wildman–Crippen LogP) is 4.44. The molecule has 2 N–H and O–H groups in total. The summed E-state index contributed by atoms with van der Waals surface area (Å²) in [4.78, 5) is 12.2. The quantitative estimate of drug-likeness (QED) is 0.847. The van der Waals surface area contributed by atoms with Crippen molar-refractivity contribution in [2.24, 2.45) is 0 Å². The van der Waals surface area contributed by atoms with Crippen molar-refractivity contribution in [1.82, 2.24) is 0 Å². The Morgan fingerprint density at radius 1 is 1.18 bits per heavy atom. The number of methoxy groups -OCH3 is 1. The number of hydrogen-bond acceptors (Lipinski definition) is 3. The molecule has 22 heavy (non-hydrogen) atoms. The van der Waals surface area contributed by atoms with Crippen LogP contribution in [0.2, 0.25) is 10.0 Å². The second-order valence-corrected chi connectivity index (χ2v) is 5.47. The van der Waals surface area contributed by atoms with Gasteiger partial charge in [0.25, 0.3) is 0 Å². The second-order valence-electron chi connectivity index (χ2n) is 4.69. The van der Waals surface area contributed by atoms with E-state index in [1.807, 2.05) is 24.3 Å². The van der Waals surface area contributed by atoms with Gasteiger partial charge in [-0.05, 0) is 31.2 Å². The van der Waals surface area contributed by atoms with Crippen LogP contribution in [-0.2, 0) is 4.79 Å². The van der Waals surface area contributed by atoms with Crippen LogP contribution in [0.25, 0.3) is 0 Å². The first-order chi connectivity index (χ1) is 10.5. The van der Waals surface area contributed by atoms with Crippen molar-refractivity contribution in [3.8, 4) is 5.75 Å². The van der Waals surface area contributed by atoms with Crippen molar-refractivity contribution >= 4 is 40.5 Å². The fourth-order valence-electron chi connectivity index (χ4n) is 1.87. The number of benzene rings is 2. The van der Waals surface area contributed by atoms with Crippen molar-refractivity contribution in [3.63, 3.8) is 0 Å². The molecule has 0 aliphatic carbocycles. The molecule has 4 nitrogen and oxygen atoms in total. The van der Waals surface area contributed by atoms with E-state index >= 15 is 0 Å². The Morgan fingerprint density at radius 2 is 1.91 bits per heavy atom. The number of carbonyl (C=O) groups is 1. The molecular weight excluding hydrogens is 323 g/mol. The molecule has 1 atom stereocenters. The molecule has 0 radical (unpaired) electrons. The van der Waals surface area contributed by atoms with Crippen molar-refractivity contribution in [2.75, 3.05) is 17.7 Å². The van der Waals surface area contributed by atoms with Gasteiger partial charge >= 0.3 is 0 Å². The number of rotatable bonds is 5. The normalized spacial score (nSPS) is 11.6. The van der Waals surface area contributed by atoms with E-state index in [1.165, 1.54) is 0 Å². The summed E-state index contributed by atoms with van der Waals surface area (Å²) in [5.74, 6) is 0.502. The summed E-state index contributed by atoms with van der Waals surface area (Å²) in [5.41, 5.74) is 1.28. The SMILES string of the molecule is COc1cccc(N[C@H](C)C(=O)Nc2cccc(Cl)c2Cl)c1. The van der Waals surface area contributed by atoms with Gasteiger partial charge in [0, 0.05) is 11.8 Å². The molecule has 0 spiro atoms. The van der Waals surface area contributed by atoms with Gasteiger partial charge in [-0.2, -0.15) is 0 Å². The Morgan fingerprint density at radius 3 is 2.64 bits per heavy atom. The maximum Gasteiger partial charge on any atom is 0.246 e. The molecule has 1 amide bonds. The summed E-state index contributed by atoms with van der Waals surface area (Å²) in [7, 11) is 1.59. The zero-order chi connectivity index (χ0) is 16.1. The van der Waals surface area contributed by atoms with Gasteiger partial charge in [-0.25, -0.2) is 0 Å². The summed E-state index contributed by atoms with van der Waals surface area (Å²) >= 11 is 12.0. The minimum Gasteiger partial charge on any atom is -0.497 e. The lowest BCUT2D eigenvalue weighted by Crippen LogP contribution is -2.31. The zero-order valence-corrected chi connectivity index (χ0v) is 13.7. The standard InChI is InChI=1S/C16H16Cl2N2O2/c1-10(19-11-5-3-6-12(9-11)22-2)16(21)20-14-8-4-7-13(17)15(14)18/h3-10,19H,1-2H3,(H,20,21)/t10-/m1/s1. The van der Waals surface area contributed by atoms with Crippen LogP contribution in [-0.4, -0.2) is 19.1 Å². The minimum absolute atomic E-state index is 0.216. The van der Waals surface area contributed by atoms with Crippen LogP contribution in [0, 0.1) is 0 Å². The Kier molecular flexibility index (Phi) is 5.52. The van der Waals surface area contributed by atoms with Gasteiger partial charge in [0.2, 0.25) is 5.91 Å². The molecule has 2 aromatic rings. The highest BCUT2D eigenvalue weighted by Crippen LogP contribution is 2.29. The van der Waals surface area contributed by atoms with Crippen LogP contribution in [0.15, 0.2) is 42.5 Å². The fourth-order valence-corrected chi connectivity index (χ4v) is 2.22. The number of carbonyl (C=O) groups excluding carboxylic acids is 1. The average molecular weight is 339 g/mol. The monoisotopic (exact) mass is 338 g/mol. The first-order valence-electron chi connectivity index (χ1n) is 6.66. The van der Waals surface area contributed by atoms with Crippen molar-refractivity contribution < 1.29 is 9.53 Å². The third-order valence-electron chi connectivity index (χ3n) is 3.06. The number of anilines is 2. The van der Waals surface area contributed by atoms with E-state index in [0.717, 1.165) is 11.4 Å². The summed E-state index contributed by atoms with van der Waals surface area (Å²) < 4.78 is 5.15. The van der Waals surface area contributed by atoms with Gasteiger partial charge < -0.3 is 15.4 Å².